The molecule has 1 fully saturated rings. The maximum Gasteiger partial charge on any atom is 0.257 e. The Hall–Kier alpha value is -1.55. The van der Waals surface area contributed by atoms with Crippen LogP contribution in [0.4, 0.5) is 0 Å². The minimum atomic E-state index is -0.491. The molecule has 1 amide bonds. The molecule has 4 nitrogen and oxygen atoms in total. The van der Waals surface area contributed by atoms with Crippen molar-refractivity contribution >= 4 is 5.91 Å². The third-order valence-electron chi connectivity index (χ3n) is 3.32. The molecule has 19 heavy (non-hydrogen) atoms. The van der Waals surface area contributed by atoms with E-state index in [9.17, 15) is 9.90 Å². The second-order valence-corrected chi connectivity index (χ2v) is 5.24. The summed E-state index contributed by atoms with van der Waals surface area (Å²) in [6, 6.07) is 5.49. The zero-order valence-corrected chi connectivity index (χ0v) is 11.5. The molecule has 1 aliphatic carbocycles. The van der Waals surface area contributed by atoms with Gasteiger partial charge in [0.15, 0.2) is 6.61 Å². The van der Waals surface area contributed by atoms with Crippen LogP contribution in [0.1, 0.15) is 37.0 Å². The number of rotatable bonds is 6. The molecule has 0 spiro atoms. The number of hydrogen-bond acceptors (Lipinski definition) is 3. The van der Waals surface area contributed by atoms with Crippen molar-refractivity contribution in [2.75, 3.05) is 13.2 Å². The fraction of sp³-hybridized carbons (Fsp3) is 0.533. The summed E-state index contributed by atoms with van der Waals surface area (Å²) in [7, 11) is 0. The number of carbonyl (C=O) groups is 1. The first-order valence-electron chi connectivity index (χ1n) is 6.74. The maximum absolute atomic E-state index is 11.6. The summed E-state index contributed by atoms with van der Waals surface area (Å²) in [6.07, 6.45) is 1.96. The predicted molar refractivity (Wildman–Crippen MR) is 73.0 cm³/mol. The topological polar surface area (TPSA) is 58.6 Å². The number of nitrogens with one attached hydrogen (secondary N) is 1. The molecule has 2 N–H and O–H groups in total. The summed E-state index contributed by atoms with van der Waals surface area (Å²) in [5.74, 6) is 1.29. The van der Waals surface area contributed by atoms with E-state index >= 15 is 0 Å². The van der Waals surface area contributed by atoms with Crippen molar-refractivity contribution < 1.29 is 14.6 Å². The van der Waals surface area contributed by atoms with E-state index in [4.69, 9.17) is 4.74 Å². The van der Waals surface area contributed by atoms with Gasteiger partial charge in [0.1, 0.15) is 5.75 Å². The summed E-state index contributed by atoms with van der Waals surface area (Å²) in [5, 5.41) is 12.3. The quantitative estimate of drug-likeness (QED) is 0.824. The van der Waals surface area contributed by atoms with Gasteiger partial charge in [-0.15, -0.1) is 0 Å². The molecule has 1 aliphatic rings. The molecule has 0 aromatic heterocycles. The molecule has 104 valence electrons. The fourth-order valence-corrected chi connectivity index (χ4v) is 1.87. The Balaban J connectivity index is 1.82. The van der Waals surface area contributed by atoms with Gasteiger partial charge in [-0.25, -0.2) is 0 Å². The molecule has 4 heteroatoms. The first-order valence-corrected chi connectivity index (χ1v) is 6.74. The Kier molecular flexibility index (Phi) is 4.43. The largest absolute Gasteiger partial charge is 0.484 e. The number of ether oxygens (including phenoxy) is 1. The van der Waals surface area contributed by atoms with Crippen LogP contribution in [0.2, 0.25) is 0 Å². The van der Waals surface area contributed by atoms with Gasteiger partial charge in [-0.1, -0.05) is 6.07 Å². The number of benzene rings is 1. The molecular weight excluding hydrogens is 242 g/mol. The van der Waals surface area contributed by atoms with Gasteiger partial charge in [-0.2, -0.15) is 0 Å². The highest BCUT2D eigenvalue weighted by Crippen LogP contribution is 2.27. The summed E-state index contributed by atoms with van der Waals surface area (Å²) in [5.41, 5.74) is 1.77. The van der Waals surface area contributed by atoms with Crippen LogP contribution in [0, 0.1) is 12.8 Å². The number of aliphatic hydroxyl groups excluding tert-OH is 1. The van der Waals surface area contributed by atoms with Gasteiger partial charge in [-0.3, -0.25) is 4.79 Å². The molecule has 0 saturated heterocycles. The van der Waals surface area contributed by atoms with E-state index in [0.717, 1.165) is 17.7 Å². The van der Waals surface area contributed by atoms with Gasteiger partial charge in [0.2, 0.25) is 0 Å². The lowest BCUT2D eigenvalue weighted by Crippen LogP contribution is -2.30. The summed E-state index contributed by atoms with van der Waals surface area (Å²) in [4.78, 5) is 11.6. The zero-order valence-electron chi connectivity index (χ0n) is 11.5. The first kappa shape index (κ1) is 13.9. The van der Waals surface area contributed by atoms with Crippen LogP contribution < -0.4 is 10.1 Å². The van der Waals surface area contributed by atoms with Gasteiger partial charge in [0.25, 0.3) is 5.91 Å². The third-order valence-corrected chi connectivity index (χ3v) is 3.32. The Bertz CT molecular complexity index is 453. The van der Waals surface area contributed by atoms with Crippen LogP contribution in [0.25, 0.3) is 0 Å². The molecule has 0 unspecified atom stereocenters. The smallest absolute Gasteiger partial charge is 0.257 e. The lowest BCUT2D eigenvalue weighted by molar-refractivity contribution is -0.123. The maximum atomic E-state index is 11.6. The predicted octanol–water partition coefficient (Wildman–Crippen LogP) is 1.95. The Labute approximate surface area is 113 Å². The highest BCUT2D eigenvalue weighted by Gasteiger charge is 2.21. The number of carbonyl (C=O) groups excluding carboxylic acids is 1. The average molecular weight is 263 g/mol. The van der Waals surface area contributed by atoms with Crippen molar-refractivity contribution in [3.8, 4) is 5.75 Å². The minimum absolute atomic E-state index is 0.0432. The van der Waals surface area contributed by atoms with Crippen molar-refractivity contribution in [1.29, 1.82) is 0 Å². The molecule has 1 aromatic rings. The summed E-state index contributed by atoms with van der Waals surface area (Å²) in [6.45, 7) is 4.44. The van der Waals surface area contributed by atoms with Crippen molar-refractivity contribution in [3.05, 3.63) is 29.3 Å². The molecule has 1 saturated carbocycles. The number of hydrogen-bond donors (Lipinski definition) is 2. The van der Waals surface area contributed by atoms with Crippen LogP contribution >= 0.6 is 0 Å². The van der Waals surface area contributed by atoms with Crippen LogP contribution in [0.3, 0.4) is 0 Å². The molecule has 1 aromatic carbocycles. The highest BCUT2D eigenvalue weighted by atomic mass is 16.5. The summed E-state index contributed by atoms with van der Waals surface area (Å²) < 4.78 is 5.49. The molecular formula is C15H21NO3. The van der Waals surface area contributed by atoms with Crippen molar-refractivity contribution in [2.45, 2.75) is 32.8 Å². The van der Waals surface area contributed by atoms with Crippen LogP contribution in [0.15, 0.2) is 18.2 Å². The van der Waals surface area contributed by atoms with Crippen LogP contribution in [0.5, 0.6) is 5.75 Å². The standard InChI is InChI=1S/C15H21NO3/c1-10-7-13(11(2)17)5-6-14(10)19-9-15(18)16-8-12-3-4-12/h5-7,11-12,17H,3-4,8-9H2,1-2H3,(H,16,18)/t11-/m1/s1. The van der Waals surface area contributed by atoms with Crippen LogP contribution in [-0.2, 0) is 4.79 Å². The van der Waals surface area contributed by atoms with Gasteiger partial charge in [0, 0.05) is 6.54 Å². The molecule has 2 rings (SSSR count). The van der Waals surface area contributed by atoms with E-state index in [1.165, 1.54) is 12.8 Å². The number of aryl methyl sites for hydroxylation is 1. The number of aliphatic hydroxyl groups is 1. The van der Waals surface area contributed by atoms with Crippen LogP contribution in [-0.4, -0.2) is 24.2 Å². The second-order valence-electron chi connectivity index (χ2n) is 5.24. The Morgan fingerprint density at radius 3 is 2.84 bits per heavy atom. The van der Waals surface area contributed by atoms with E-state index in [-0.39, 0.29) is 12.5 Å². The van der Waals surface area contributed by atoms with Gasteiger partial charge in [0.05, 0.1) is 6.10 Å². The molecule has 0 heterocycles. The van der Waals surface area contributed by atoms with Crippen molar-refractivity contribution in [2.24, 2.45) is 5.92 Å². The molecule has 0 radical (unpaired) electrons. The Morgan fingerprint density at radius 2 is 2.26 bits per heavy atom. The first-order chi connectivity index (χ1) is 9.06. The normalized spacial score (nSPS) is 15.9. The SMILES string of the molecule is Cc1cc([C@@H](C)O)ccc1OCC(=O)NCC1CC1. The lowest BCUT2D eigenvalue weighted by Gasteiger charge is -2.12. The molecule has 0 bridgehead atoms. The second kappa shape index (κ2) is 6.06. The van der Waals surface area contributed by atoms with Gasteiger partial charge >= 0.3 is 0 Å². The lowest BCUT2D eigenvalue weighted by atomic mass is 10.1. The van der Waals surface area contributed by atoms with Crippen molar-refractivity contribution in [3.63, 3.8) is 0 Å². The number of amides is 1. The van der Waals surface area contributed by atoms with Gasteiger partial charge < -0.3 is 15.2 Å². The Morgan fingerprint density at radius 1 is 1.53 bits per heavy atom. The zero-order chi connectivity index (χ0) is 13.8. The molecule has 0 aliphatic heterocycles. The van der Waals surface area contributed by atoms with Crippen molar-refractivity contribution in [1.82, 2.24) is 5.32 Å². The van der Waals surface area contributed by atoms with E-state index in [1.807, 2.05) is 19.1 Å². The van der Waals surface area contributed by atoms with E-state index in [0.29, 0.717) is 11.7 Å². The monoisotopic (exact) mass is 263 g/mol. The highest BCUT2D eigenvalue weighted by molar-refractivity contribution is 5.77. The third kappa shape index (κ3) is 4.24. The van der Waals surface area contributed by atoms with E-state index in [1.54, 1.807) is 13.0 Å². The van der Waals surface area contributed by atoms with Gasteiger partial charge in [-0.05, 0) is 55.9 Å². The van der Waals surface area contributed by atoms with E-state index < -0.39 is 6.10 Å². The average Bonchev–Trinajstić information content (AvgIpc) is 3.18. The fourth-order valence-electron chi connectivity index (χ4n) is 1.87. The summed E-state index contributed by atoms with van der Waals surface area (Å²) >= 11 is 0. The van der Waals surface area contributed by atoms with E-state index in [2.05, 4.69) is 5.32 Å². The molecule has 1 atom stereocenters. The minimum Gasteiger partial charge on any atom is -0.484 e.